The van der Waals surface area contributed by atoms with Gasteiger partial charge < -0.3 is 15.0 Å². The number of piperazine rings is 1. The van der Waals surface area contributed by atoms with Crippen molar-refractivity contribution >= 4 is 17.5 Å². The van der Waals surface area contributed by atoms with E-state index in [1.165, 1.54) is 5.56 Å². The Kier molecular flexibility index (Phi) is 6.27. The molecule has 2 fully saturated rings. The Hall–Kier alpha value is -1.92. The maximum absolute atomic E-state index is 12.3. The summed E-state index contributed by atoms with van der Waals surface area (Å²) in [4.78, 5) is 28.6. The van der Waals surface area contributed by atoms with Crippen molar-refractivity contribution in [2.45, 2.75) is 38.7 Å². The van der Waals surface area contributed by atoms with E-state index in [4.69, 9.17) is 4.74 Å². The van der Waals surface area contributed by atoms with Crippen molar-refractivity contribution in [1.82, 2.24) is 9.80 Å². The molecule has 0 radical (unpaired) electrons. The Morgan fingerprint density at radius 2 is 1.85 bits per heavy atom. The minimum Gasteiger partial charge on any atom is -0.368 e. The maximum atomic E-state index is 12.3. The first-order valence-electron chi connectivity index (χ1n) is 9.55. The second kappa shape index (κ2) is 8.64. The molecule has 2 amide bonds. The summed E-state index contributed by atoms with van der Waals surface area (Å²) in [6.07, 6.45) is 1.55. The second-order valence-corrected chi connectivity index (χ2v) is 7.43. The molecule has 6 heteroatoms. The first kappa shape index (κ1) is 18.9. The first-order valence-corrected chi connectivity index (χ1v) is 9.55. The molecule has 142 valence electrons. The zero-order chi connectivity index (χ0) is 18.5. The molecule has 2 saturated heterocycles. The van der Waals surface area contributed by atoms with Gasteiger partial charge in [0.25, 0.3) is 5.91 Å². The highest BCUT2D eigenvalue weighted by atomic mass is 16.5. The summed E-state index contributed by atoms with van der Waals surface area (Å²) in [5, 5.41) is 2.95. The van der Waals surface area contributed by atoms with Gasteiger partial charge in [-0.2, -0.15) is 0 Å². The molecule has 2 aliphatic heterocycles. The standard InChI is InChI=1S/C20H29N3O3/c1-15(2)16-5-7-17(8-6-16)21-19(24)14-22-9-11-23(12-10-22)20(25)18-4-3-13-26-18/h5-8,15,18H,3-4,9-14H2,1-2H3,(H,21,24)/t18-/m0/s1. The van der Waals surface area contributed by atoms with Crippen LogP contribution >= 0.6 is 0 Å². The van der Waals surface area contributed by atoms with Gasteiger partial charge in [-0.05, 0) is 36.5 Å². The largest absolute Gasteiger partial charge is 0.368 e. The number of nitrogens with zero attached hydrogens (tertiary/aromatic N) is 2. The fraction of sp³-hybridized carbons (Fsp3) is 0.600. The molecule has 2 aliphatic rings. The van der Waals surface area contributed by atoms with Crippen molar-refractivity contribution in [3.63, 3.8) is 0 Å². The van der Waals surface area contributed by atoms with Crippen LogP contribution in [0.1, 0.15) is 38.2 Å². The van der Waals surface area contributed by atoms with E-state index in [-0.39, 0.29) is 17.9 Å². The lowest BCUT2D eigenvalue weighted by Gasteiger charge is -2.35. The lowest BCUT2D eigenvalue weighted by Crippen LogP contribution is -2.52. The molecule has 0 aliphatic carbocycles. The van der Waals surface area contributed by atoms with Crippen LogP contribution in [0, 0.1) is 0 Å². The zero-order valence-corrected chi connectivity index (χ0v) is 15.7. The molecule has 2 heterocycles. The predicted octanol–water partition coefficient (Wildman–Crippen LogP) is 2.07. The van der Waals surface area contributed by atoms with Gasteiger partial charge >= 0.3 is 0 Å². The number of amides is 2. The third kappa shape index (κ3) is 4.83. The summed E-state index contributed by atoms with van der Waals surface area (Å²) in [5.41, 5.74) is 2.08. The van der Waals surface area contributed by atoms with E-state index in [0.717, 1.165) is 31.6 Å². The van der Waals surface area contributed by atoms with Gasteiger partial charge in [0.05, 0.1) is 6.54 Å². The van der Waals surface area contributed by atoms with Gasteiger partial charge in [0, 0.05) is 38.5 Å². The van der Waals surface area contributed by atoms with Gasteiger partial charge in [0.15, 0.2) is 0 Å². The molecular formula is C20H29N3O3. The number of benzene rings is 1. The van der Waals surface area contributed by atoms with E-state index < -0.39 is 0 Å². The van der Waals surface area contributed by atoms with Gasteiger partial charge in [-0.25, -0.2) is 0 Å². The van der Waals surface area contributed by atoms with Gasteiger partial charge in [-0.15, -0.1) is 0 Å². The molecular weight excluding hydrogens is 330 g/mol. The SMILES string of the molecule is CC(C)c1ccc(NC(=O)CN2CCN(C(=O)[C@@H]3CCCO3)CC2)cc1. The van der Waals surface area contributed by atoms with E-state index in [1.807, 2.05) is 17.0 Å². The molecule has 26 heavy (non-hydrogen) atoms. The number of hydrogen-bond acceptors (Lipinski definition) is 4. The highest BCUT2D eigenvalue weighted by Crippen LogP contribution is 2.18. The smallest absolute Gasteiger partial charge is 0.251 e. The Bertz CT molecular complexity index is 616. The predicted molar refractivity (Wildman–Crippen MR) is 101 cm³/mol. The van der Waals surface area contributed by atoms with E-state index in [1.54, 1.807) is 0 Å². The van der Waals surface area contributed by atoms with Crippen molar-refractivity contribution in [2.24, 2.45) is 0 Å². The molecule has 1 N–H and O–H groups in total. The average molecular weight is 359 g/mol. The Labute approximate surface area is 155 Å². The van der Waals surface area contributed by atoms with Crippen LogP contribution in [0.4, 0.5) is 5.69 Å². The Morgan fingerprint density at radius 1 is 1.15 bits per heavy atom. The third-order valence-electron chi connectivity index (χ3n) is 5.12. The van der Waals surface area contributed by atoms with E-state index >= 15 is 0 Å². The zero-order valence-electron chi connectivity index (χ0n) is 15.7. The summed E-state index contributed by atoms with van der Waals surface area (Å²) >= 11 is 0. The molecule has 0 saturated carbocycles. The molecule has 0 bridgehead atoms. The normalized spacial score (nSPS) is 21.2. The number of carbonyl (C=O) groups is 2. The van der Waals surface area contributed by atoms with Crippen LogP contribution < -0.4 is 5.32 Å². The summed E-state index contributed by atoms with van der Waals surface area (Å²) < 4.78 is 5.48. The average Bonchev–Trinajstić information content (AvgIpc) is 3.17. The van der Waals surface area contributed by atoms with E-state index in [2.05, 4.69) is 36.2 Å². The van der Waals surface area contributed by atoms with Gasteiger partial charge in [0.2, 0.25) is 5.91 Å². The van der Waals surface area contributed by atoms with Crippen LogP contribution in [0.5, 0.6) is 0 Å². The van der Waals surface area contributed by atoms with Crippen molar-refractivity contribution in [1.29, 1.82) is 0 Å². The van der Waals surface area contributed by atoms with E-state index in [0.29, 0.717) is 32.2 Å². The maximum Gasteiger partial charge on any atom is 0.251 e. The van der Waals surface area contributed by atoms with Crippen LogP contribution in [0.15, 0.2) is 24.3 Å². The molecule has 1 aromatic rings. The number of anilines is 1. The fourth-order valence-electron chi connectivity index (χ4n) is 3.46. The monoisotopic (exact) mass is 359 g/mol. The first-order chi connectivity index (χ1) is 12.5. The quantitative estimate of drug-likeness (QED) is 0.874. The summed E-state index contributed by atoms with van der Waals surface area (Å²) in [5.74, 6) is 0.575. The van der Waals surface area contributed by atoms with Crippen molar-refractivity contribution in [3.05, 3.63) is 29.8 Å². The van der Waals surface area contributed by atoms with Crippen molar-refractivity contribution < 1.29 is 14.3 Å². The third-order valence-corrected chi connectivity index (χ3v) is 5.12. The lowest BCUT2D eigenvalue weighted by atomic mass is 10.0. The summed E-state index contributed by atoms with van der Waals surface area (Å²) in [6.45, 7) is 8.11. The van der Waals surface area contributed by atoms with Gasteiger partial charge in [0.1, 0.15) is 6.10 Å². The molecule has 3 rings (SSSR count). The topological polar surface area (TPSA) is 61.9 Å². The van der Waals surface area contributed by atoms with Gasteiger partial charge in [-0.1, -0.05) is 26.0 Å². The Balaban J connectivity index is 1.42. The minimum atomic E-state index is -0.251. The van der Waals surface area contributed by atoms with Crippen LogP contribution in [-0.2, 0) is 14.3 Å². The number of nitrogens with one attached hydrogen (secondary N) is 1. The number of hydrogen-bond donors (Lipinski definition) is 1. The molecule has 0 unspecified atom stereocenters. The summed E-state index contributed by atoms with van der Waals surface area (Å²) in [6, 6.07) is 8.00. The number of carbonyl (C=O) groups excluding carboxylic acids is 2. The minimum absolute atomic E-state index is 0.0128. The molecule has 0 spiro atoms. The second-order valence-electron chi connectivity index (χ2n) is 7.43. The molecule has 1 atom stereocenters. The number of rotatable bonds is 5. The highest BCUT2D eigenvalue weighted by molar-refractivity contribution is 5.92. The van der Waals surface area contributed by atoms with E-state index in [9.17, 15) is 9.59 Å². The van der Waals surface area contributed by atoms with Crippen molar-refractivity contribution in [2.75, 3.05) is 44.6 Å². The molecule has 6 nitrogen and oxygen atoms in total. The van der Waals surface area contributed by atoms with Crippen LogP contribution in [0.25, 0.3) is 0 Å². The molecule has 1 aromatic carbocycles. The van der Waals surface area contributed by atoms with Crippen molar-refractivity contribution in [3.8, 4) is 0 Å². The fourth-order valence-corrected chi connectivity index (χ4v) is 3.46. The van der Waals surface area contributed by atoms with Gasteiger partial charge in [-0.3, -0.25) is 14.5 Å². The number of ether oxygens (including phenoxy) is 1. The lowest BCUT2D eigenvalue weighted by molar-refractivity contribution is -0.142. The van der Waals surface area contributed by atoms with Crippen LogP contribution in [0.2, 0.25) is 0 Å². The highest BCUT2D eigenvalue weighted by Gasteiger charge is 2.30. The van der Waals surface area contributed by atoms with Crippen LogP contribution in [-0.4, -0.2) is 67.0 Å². The Morgan fingerprint density at radius 3 is 2.42 bits per heavy atom. The van der Waals surface area contributed by atoms with Crippen LogP contribution in [0.3, 0.4) is 0 Å². The molecule has 0 aromatic heterocycles. The summed E-state index contributed by atoms with van der Waals surface area (Å²) in [7, 11) is 0.